The molecular formula is C20H32O4. The molecule has 4 heteroatoms. The zero-order valence-electron chi connectivity index (χ0n) is 15.1. The van der Waals surface area contributed by atoms with Crippen molar-refractivity contribution in [3.8, 4) is 0 Å². The van der Waals surface area contributed by atoms with Crippen LogP contribution in [0.3, 0.4) is 0 Å². The minimum absolute atomic E-state index is 0.0648. The van der Waals surface area contributed by atoms with Gasteiger partial charge in [0, 0.05) is 0 Å². The molecule has 4 saturated carbocycles. The van der Waals surface area contributed by atoms with Gasteiger partial charge in [-0.25, -0.2) is 0 Å². The zero-order valence-corrected chi connectivity index (χ0v) is 15.1. The molecule has 1 spiro atoms. The first-order valence-corrected chi connectivity index (χ1v) is 9.77. The molecule has 0 saturated heterocycles. The molecule has 4 aliphatic rings. The molecule has 4 aliphatic carbocycles. The van der Waals surface area contributed by atoms with Crippen LogP contribution in [0.1, 0.15) is 71.6 Å². The summed E-state index contributed by atoms with van der Waals surface area (Å²) in [5, 5.41) is 30.6. The van der Waals surface area contributed by atoms with Gasteiger partial charge in [-0.05, 0) is 86.9 Å². The van der Waals surface area contributed by atoms with Crippen LogP contribution in [0, 0.1) is 34.0 Å². The SMILES string of the molecule is C[C@@]12CCC[C@@](C)(C(=O)O)C1CC[C@@]13C[C@@H](CCC12)[C@@](O)(CO)C3. The number of aliphatic carboxylic acids is 1. The maximum Gasteiger partial charge on any atom is 0.309 e. The first-order chi connectivity index (χ1) is 11.2. The van der Waals surface area contributed by atoms with Crippen LogP contribution in [0.15, 0.2) is 0 Å². The number of hydrogen-bond donors (Lipinski definition) is 3. The Balaban J connectivity index is 1.73. The van der Waals surface area contributed by atoms with Crippen LogP contribution < -0.4 is 0 Å². The number of rotatable bonds is 2. The van der Waals surface area contributed by atoms with Crippen molar-refractivity contribution in [1.82, 2.24) is 0 Å². The number of aliphatic hydroxyl groups excluding tert-OH is 1. The van der Waals surface area contributed by atoms with Crippen LogP contribution in [-0.4, -0.2) is 33.5 Å². The first-order valence-electron chi connectivity index (χ1n) is 9.77. The maximum absolute atomic E-state index is 12.1. The lowest BCUT2D eigenvalue weighted by Crippen LogP contribution is -2.58. The van der Waals surface area contributed by atoms with E-state index in [-0.39, 0.29) is 29.3 Å². The summed E-state index contributed by atoms with van der Waals surface area (Å²) in [6, 6.07) is 0. The molecule has 7 atom stereocenters. The van der Waals surface area contributed by atoms with Gasteiger partial charge < -0.3 is 15.3 Å². The van der Waals surface area contributed by atoms with E-state index < -0.39 is 17.0 Å². The lowest BCUT2D eigenvalue weighted by Gasteiger charge is -2.63. The summed E-state index contributed by atoms with van der Waals surface area (Å²) >= 11 is 0. The summed E-state index contributed by atoms with van der Waals surface area (Å²) in [4.78, 5) is 12.1. The molecule has 3 N–H and O–H groups in total. The van der Waals surface area contributed by atoms with Crippen molar-refractivity contribution in [1.29, 1.82) is 0 Å². The Hall–Kier alpha value is -0.610. The van der Waals surface area contributed by atoms with E-state index in [2.05, 4.69) is 6.92 Å². The Morgan fingerprint density at radius 1 is 1.08 bits per heavy atom. The lowest BCUT2D eigenvalue weighted by molar-refractivity contribution is -0.181. The normalized spacial score (nSPS) is 56.4. The standard InChI is InChI=1S/C20H32O4/c1-17-7-3-8-18(2,16(22)23)14(17)6-9-19-10-13(4-5-15(17)19)20(24,11-19)12-21/h13-15,21,24H,3-12H2,1-2H3,(H,22,23)/t13-,14?,15?,17-,18-,19+,20+/m1/s1. The van der Waals surface area contributed by atoms with E-state index in [9.17, 15) is 20.1 Å². The van der Waals surface area contributed by atoms with Crippen LogP contribution in [-0.2, 0) is 4.79 Å². The summed E-state index contributed by atoms with van der Waals surface area (Å²) in [6.45, 7) is 4.19. The Labute approximate surface area is 144 Å². The predicted molar refractivity (Wildman–Crippen MR) is 90.3 cm³/mol. The topological polar surface area (TPSA) is 77.8 Å². The fourth-order valence-corrected chi connectivity index (χ4v) is 8.06. The van der Waals surface area contributed by atoms with Crippen LogP contribution in [0.2, 0.25) is 0 Å². The van der Waals surface area contributed by atoms with E-state index in [1.165, 1.54) is 0 Å². The highest BCUT2D eigenvalue weighted by molar-refractivity contribution is 5.75. The van der Waals surface area contributed by atoms with Gasteiger partial charge in [-0.2, -0.15) is 0 Å². The fourth-order valence-electron chi connectivity index (χ4n) is 8.06. The van der Waals surface area contributed by atoms with Crippen LogP contribution in [0.25, 0.3) is 0 Å². The van der Waals surface area contributed by atoms with E-state index in [1.807, 2.05) is 6.92 Å². The third-order valence-electron chi connectivity index (χ3n) is 9.08. The molecule has 2 unspecified atom stereocenters. The van der Waals surface area contributed by atoms with Gasteiger partial charge in [-0.3, -0.25) is 4.79 Å². The van der Waals surface area contributed by atoms with Gasteiger partial charge in [-0.1, -0.05) is 13.3 Å². The minimum atomic E-state index is -0.900. The molecule has 4 fully saturated rings. The van der Waals surface area contributed by atoms with Crippen molar-refractivity contribution in [2.75, 3.05) is 6.61 Å². The van der Waals surface area contributed by atoms with Gasteiger partial charge in [0.1, 0.15) is 0 Å². The first kappa shape index (κ1) is 16.8. The molecule has 0 aromatic rings. The van der Waals surface area contributed by atoms with Crippen molar-refractivity contribution in [3.05, 3.63) is 0 Å². The van der Waals surface area contributed by atoms with Gasteiger partial charge in [0.2, 0.25) is 0 Å². The van der Waals surface area contributed by atoms with Crippen molar-refractivity contribution in [3.63, 3.8) is 0 Å². The lowest BCUT2D eigenvalue weighted by atomic mass is 9.41. The highest BCUT2D eigenvalue weighted by Crippen LogP contribution is 2.72. The molecule has 0 aromatic carbocycles. The Morgan fingerprint density at radius 3 is 2.50 bits per heavy atom. The summed E-state index contributed by atoms with van der Waals surface area (Å²) < 4.78 is 0. The highest BCUT2D eigenvalue weighted by Gasteiger charge is 2.68. The molecular weight excluding hydrogens is 304 g/mol. The number of carboxylic acid groups (broad SMARTS) is 1. The maximum atomic E-state index is 12.1. The fraction of sp³-hybridized carbons (Fsp3) is 0.950. The summed E-state index contributed by atoms with van der Waals surface area (Å²) in [5.74, 6) is 0.348. The number of fused-ring (bicyclic) bond motifs is 3. The number of carboxylic acids is 1. The molecule has 0 aromatic heterocycles. The average Bonchev–Trinajstić information content (AvgIpc) is 2.73. The van der Waals surface area contributed by atoms with Crippen molar-refractivity contribution < 1.29 is 20.1 Å². The van der Waals surface area contributed by atoms with E-state index in [4.69, 9.17) is 0 Å². The molecule has 0 radical (unpaired) electrons. The quantitative estimate of drug-likeness (QED) is 0.723. The minimum Gasteiger partial charge on any atom is -0.481 e. The molecule has 0 aliphatic heterocycles. The number of hydrogen-bond acceptors (Lipinski definition) is 3. The third kappa shape index (κ3) is 1.90. The van der Waals surface area contributed by atoms with E-state index >= 15 is 0 Å². The molecule has 4 nitrogen and oxygen atoms in total. The van der Waals surface area contributed by atoms with Crippen molar-refractivity contribution >= 4 is 5.97 Å². The Kier molecular flexibility index (Phi) is 3.49. The van der Waals surface area contributed by atoms with Gasteiger partial charge in [-0.15, -0.1) is 0 Å². The van der Waals surface area contributed by atoms with Crippen LogP contribution in [0.5, 0.6) is 0 Å². The van der Waals surface area contributed by atoms with Gasteiger partial charge in [0.25, 0.3) is 0 Å². The predicted octanol–water partition coefficient (Wildman–Crippen LogP) is 3.21. The smallest absolute Gasteiger partial charge is 0.309 e. The molecule has 0 amide bonds. The molecule has 2 bridgehead atoms. The highest BCUT2D eigenvalue weighted by atomic mass is 16.4. The Morgan fingerprint density at radius 2 is 1.83 bits per heavy atom. The third-order valence-corrected chi connectivity index (χ3v) is 9.08. The molecule has 0 heterocycles. The average molecular weight is 336 g/mol. The second-order valence-electron chi connectivity index (χ2n) is 10.0. The largest absolute Gasteiger partial charge is 0.481 e. The number of aliphatic hydroxyl groups is 2. The monoisotopic (exact) mass is 336 g/mol. The van der Waals surface area contributed by atoms with Crippen molar-refractivity contribution in [2.45, 2.75) is 77.2 Å². The second kappa shape index (κ2) is 4.97. The summed E-state index contributed by atoms with van der Waals surface area (Å²) in [5.41, 5.74) is -1.31. The summed E-state index contributed by atoms with van der Waals surface area (Å²) in [7, 11) is 0. The zero-order chi connectivity index (χ0) is 17.4. The van der Waals surface area contributed by atoms with Crippen LogP contribution in [0.4, 0.5) is 0 Å². The van der Waals surface area contributed by atoms with Gasteiger partial charge in [0.05, 0.1) is 17.6 Å². The van der Waals surface area contributed by atoms with E-state index in [0.29, 0.717) is 5.92 Å². The van der Waals surface area contributed by atoms with Gasteiger partial charge >= 0.3 is 5.97 Å². The Bertz CT molecular complexity index is 562. The second-order valence-corrected chi connectivity index (χ2v) is 10.0. The van der Waals surface area contributed by atoms with E-state index in [1.54, 1.807) is 0 Å². The molecule has 136 valence electrons. The summed E-state index contributed by atoms with van der Waals surface area (Å²) in [6.07, 6.45) is 8.73. The molecule has 4 rings (SSSR count). The van der Waals surface area contributed by atoms with E-state index in [0.717, 1.165) is 57.8 Å². The molecule has 24 heavy (non-hydrogen) atoms. The van der Waals surface area contributed by atoms with Crippen LogP contribution >= 0.6 is 0 Å². The van der Waals surface area contributed by atoms with Crippen molar-refractivity contribution in [2.24, 2.45) is 34.0 Å². The number of carbonyl (C=O) groups is 1. The van der Waals surface area contributed by atoms with Gasteiger partial charge in [0.15, 0.2) is 0 Å².